The third-order valence-corrected chi connectivity index (χ3v) is 2.80. The maximum absolute atomic E-state index is 13.2. The molecule has 1 aromatic heterocycles. The highest BCUT2D eigenvalue weighted by Gasteiger charge is 2.09. The first kappa shape index (κ1) is 12.1. The number of aromatic nitrogens is 2. The predicted octanol–water partition coefficient (Wildman–Crippen LogP) is 2.62. The van der Waals surface area contributed by atoms with Crippen molar-refractivity contribution in [1.82, 2.24) is 9.97 Å². The minimum absolute atomic E-state index is 0.277. The first-order chi connectivity index (χ1) is 8.15. The summed E-state index contributed by atoms with van der Waals surface area (Å²) in [4.78, 5) is 8.08. The summed E-state index contributed by atoms with van der Waals surface area (Å²) in [6.07, 6.45) is 5.33. The highest BCUT2D eigenvalue weighted by atomic mass is 79.9. The minimum atomic E-state index is -0.280. The fourth-order valence-electron chi connectivity index (χ4n) is 1.59. The lowest BCUT2D eigenvalue weighted by Crippen LogP contribution is -2.15. The van der Waals surface area contributed by atoms with Gasteiger partial charge in [0.15, 0.2) is 0 Å². The summed E-state index contributed by atoms with van der Waals surface area (Å²) in [5.41, 5.74) is 7.52. The normalized spacial score (nSPS) is 12.4. The summed E-state index contributed by atoms with van der Waals surface area (Å²) < 4.78 is 13.9. The summed E-state index contributed by atoms with van der Waals surface area (Å²) in [6.45, 7) is 0. The van der Waals surface area contributed by atoms with Gasteiger partial charge in [-0.3, -0.25) is 9.97 Å². The zero-order valence-electron chi connectivity index (χ0n) is 8.98. The molecule has 3 nitrogen and oxygen atoms in total. The molecule has 0 saturated carbocycles. The van der Waals surface area contributed by atoms with E-state index in [1.54, 1.807) is 18.6 Å². The van der Waals surface area contributed by atoms with Gasteiger partial charge in [0, 0.05) is 23.1 Å². The van der Waals surface area contributed by atoms with Crippen molar-refractivity contribution in [3.63, 3.8) is 0 Å². The zero-order valence-corrected chi connectivity index (χ0v) is 10.6. The Labute approximate surface area is 107 Å². The molecule has 1 heterocycles. The van der Waals surface area contributed by atoms with Gasteiger partial charge in [-0.1, -0.05) is 15.9 Å². The topological polar surface area (TPSA) is 51.8 Å². The van der Waals surface area contributed by atoms with E-state index in [-0.39, 0.29) is 11.9 Å². The van der Waals surface area contributed by atoms with Crippen molar-refractivity contribution in [3.8, 4) is 0 Å². The van der Waals surface area contributed by atoms with Crippen LogP contribution in [-0.2, 0) is 6.42 Å². The second-order valence-electron chi connectivity index (χ2n) is 3.72. The molecule has 2 aromatic rings. The van der Waals surface area contributed by atoms with Crippen LogP contribution in [0.4, 0.5) is 4.39 Å². The van der Waals surface area contributed by atoms with Crippen molar-refractivity contribution in [2.24, 2.45) is 5.73 Å². The van der Waals surface area contributed by atoms with E-state index >= 15 is 0 Å². The van der Waals surface area contributed by atoms with E-state index in [9.17, 15) is 4.39 Å². The van der Waals surface area contributed by atoms with E-state index in [2.05, 4.69) is 25.9 Å². The van der Waals surface area contributed by atoms with Gasteiger partial charge in [-0.25, -0.2) is 4.39 Å². The van der Waals surface area contributed by atoms with Gasteiger partial charge in [0.1, 0.15) is 5.82 Å². The molecule has 0 bridgehead atoms. The molecule has 88 valence electrons. The fourth-order valence-corrected chi connectivity index (χ4v) is 2.10. The Balaban J connectivity index is 2.16. The molecule has 1 atom stereocenters. The second kappa shape index (κ2) is 5.33. The van der Waals surface area contributed by atoms with Crippen LogP contribution >= 0.6 is 15.9 Å². The van der Waals surface area contributed by atoms with Gasteiger partial charge in [0.2, 0.25) is 0 Å². The molecule has 0 amide bonds. The van der Waals surface area contributed by atoms with Gasteiger partial charge in [0.25, 0.3) is 0 Å². The summed E-state index contributed by atoms with van der Waals surface area (Å²) >= 11 is 3.25. The Morgan fingerprint density at radius 3 is 2.76 bits per heavy atom. The molecule has 2 N–H and O–H groups in total. The lowest BCUT2D eigenvalue weighted by atomic mass is 10.0. The Hall–Kier alpha value is -1.33. The van der Waals surface area contributed by atoms with E-state index in [0.29, 0.717) is 16.6 Å². The van der Waals surface area contributed by atoms with Crippen LogP contribution in [0, 0.1) is 5.82 Å². The Morgan fingerprint density at radius 1 is 1.29 bits per heavy atom. The summed E-state index contributed by atoms with van der Waals surface area (Å²) in [6, 6.07) is 4.45. The van der Waals surface area contributed by atoms with Crippen molar-refractivity contribution in [2.45, 2.75) is 12.5 Å². The fraction of sp³-hybridized carbons (Fsp3) is 0.167. The van der Waals surface area contributed by atoms with Crippen molar-refractivity contribution in [3.05, 3.63) is 58.3 Å². The van der Waals surface area contributed by atoms with Gasteiger partial charge in [-0.15, -0.1) is 0 Å². The standard InChI is InChI=1S/C12H11BrFN3/c13-9-3-8(4-10(14)6-9)5-11(15)12-7-16-1-2-17-12/h1-4,6-7,11H,5,15H2. The van der Waals surface area contributed by atoms with Crippen LogP contribution in [0.2, 0.25) is 0 Å². The van der Waals surface area contributed by atoms with Crippen LogP contribution in [0.3, 0.4) is 0 Å². The van der Waals surface area contributed by atoms with E-state index in [4.69, 9.17) is 5.73 Å². The van der Waals surface area contributed by atoms with Crippen LogP contribution in [0.15, 0.2) is 41.3 Å². The molecular weight excluding hydrogens is 285 g/mol. The lowest BCUT2D eigenvalue weighted by Gasteiger charge is -2.10. The summed E-state index contributed by atoms with van der Waals surface area (Å²) in [7, 11) is 0. The molecule has 0 fully saturated rings. The number of hydrogen-bond donors (Lipinski definition) is 1. The molecular formula is C12H11BrFN3. The van der Waals surface area contributed by atoms with Crippen LogP contribution in [0.5, 0.6) is 0 Å². The molecule has 2 rings (SSSR count). The van der Waals surface area contributed by atoms with Crippen molar-refractivity contribution in [2.75, 3.05) is 0 Å². The molecule has 5 heteroatoms. The SMILES string of the molecule is NC(Cc1cc(F)cc(Br)c1)c1cnccn1. The van der Waals surface area contributed by atoms with Crippen molar-refractivity contribution < 1.29 is 4.39 Å². The zero-order chi connectivity index (χ0) is 12.3. The molecule has 0 spiro atoms. The molecule has 0 radical (unpaired) electrons. The highest BCUT2D eigenvalue weighted by molar-refractivity contribution is 9.10. The smallest absolute Gasteiger partial charge is 0.124 e. The molecule has 17 heavy (non-hydrogen) atoms. The van der Waals surface area contributed by atoms with E-state index in [1.165, 1.54) is 12.1 Å². The third-order valence-electron chi connectivity index (χ3n) is 2.34. The molecule has 0 saturated heterocycles. The van der Waals surface area contributed by atoms with E-state index in [1.807, 2.05) is 6.07 Å². The molecule has 0 aliphatic carbocycles. The van der Waals surface area contributed by atoms with E-state index < -0.39 is 0 Å². The summed E-state index contributed by atoms with van der Waals surface area (Å²) in [5, 5.41) is 0. The lowest BCUT2D eigenvalue weighted by molar-refractivity contribution is 0.619. The first-order valence-electron chi connectivity index (χ1n) is 5.11. The number of rotatable bonds is 3. The summed E-state index contributed by atoms with van der Waals surface area (Å²) in [5.74, 6) is -0.277. The molecule has 1 unspecified atom stereocenters. The van der Waals surface area contributed by atoms with E-state index in [0.717, 1.165) is 5.56 Å². The Kier molecular flexibility index (Phi) is 3.81. The average molecular weight is 296 g/mol. The number of nitrogens with zero attached hydrogens (tertiary/aromatic N) is 2. The van der Waals surface area contributed by atoms with Gasteiger partial charge in [-0.05, 0) is 30.2 Å². The van der Waals surface area contributed by atoms with Crippen molar-refractivity contribution >= 4 is 15.9 Å². The van der Waals surface area contributed by atoms with Crippen LogP contribution in [-0.4, -0.2) is 9.97 Å². The average Bonchev–Trinajstić information content (AvgIpc) is 2.28. The van der Waals surface area contributed by atoms with Crippen molar-refractivity contribution in [1.29, 1.82) is 0 Å². The maximum Gasteiger partial charge on any atom is 0.124 e. The molecule has 0 aliphatic heterocycles. The Morgan fingerprint density at radius 2 is 2.12 bits per heavy atom. The largest absolute Gasteiger partial charge is 0.322 e. The Bertz CT molecular complexity index is 484. The molecule has 1 aromatic carbocycles. The van der Waals surface area contributed by atoms with Crippen LogP contribution < -0.4 is 5.73 Å². The number of nitrogens with two attached hydrogens (primary N) is 1. The van der Waals surface area contributed by atoms with Gasteiger partial charge < -0.3 is 5.73 Å². The van der Waals surface area contributed by atoms with Crippen LogP contribution in [0.25, 0.3) is 0 Å². The highest BCUT2D eigenvalue weighted by Crippen LogP contribution is 2.19. The number of hydrogen-bond acceptors (Lipinski definition) is 3. The van der Waals surface area contributed by atoms with Gasteiger partial charge >= 0.3 is 0 Å². The maximum atomic E-state index is 13.2. The monoisotopic (exact) mass is 295 g/mol. The first-order valence-corrected chi connectivity index (χ1v) is 5.91. The number of halogens is 2. The van der Waals surface area contributed by atoms with Crippen LogP contribution in [0.1, 0.15) is 17.3 Å². The van der Waals surface area contributed by atoms with Gasteiger partial charge in [-0.2, -0.15) is 0 Å². The quantitative estimate of drug-likeness (QED) is 0.947. The third kappa shape index (κ3) is 3.31. The minimum Gasteiger partial charge on any atom is -0.322 e. The second-order valence-corrected chi connectivity index (χ2v) is 4.63. The van der Waals surface area contributed by atoms with Gasteiger partial charge in [0.05, 0.1) is 11.7 Å². The number of benzene rings is 1. The molecule has 0 aliphatic rings. The predicted molar refractivity (Wildman–Crippen MR) is 66.8 cm³/mol.